The first-order valence-electron chi connectivity index (χ1n) is 9.35. The van der Waals surface area contributed by atoms with Gasteiger partial charge < -0.3 is 15.5 Å². The molecule has 1 atom stereocenters. The molecule has 0 saturated carbocycles. The normalized spacial score (nSPS) is 15.5. The van der Waals surface area contributed by atoms with Crippen molar-refractivity contribution in [3.63, 3.8) is 0 Å². The predicted octanol–water partition coefficient (Wildman–Crippen LogP) is 3.03. The van der Waals surface area contributed by atoms with Crippen molar-refractivity contribution in [1.29, 1.82) is 5.26 Å². The standard InChI is InChI=1S/C21H24FN5O/c1-16(26-9-11-27(12-10-26)19-5-3-2-4-6-19)15-24-21(28)25-20-8-7-18(22)13-17(20)14-23/h2-8,13,16H,9-12,15H2,1H3,(H2,24,25,28). The number of benzene rings is 2. The first-order valence-corrected chi connectivity index (χ1v) is 9.35. The third-order valence-corrected chi connectivity index (χ3v) is 4.97. The number of nitrogens with zero attached hydrogens (tertiary/aromatic N) is 3. The zero-order chi connectivity index (χ0) is 19.9. The summed E-state index contributed by atoms with van der Waals surface area (Å²) >= 11 is 0. The van der Waals surface area contributed by atoms with Crippen molar-refractivity contribution in [3.05, 3.63) is 59.9 Å². The van der Waals surface area contributed by atoms with Gasteiger partial charge in [0.2, 0.25) is 0 Å². The van der Waals surface area contributed by atoms with E-state index in [4.69, 9.17) is 5.26 Å². The minimum absolute atomic E-state index is 0.0974. The van der Waals surface area contributed by atoms with Crippen LogP contribution in [0.2, 0.25) is 0 Å². The molecule has 0 aliphatic carbocycles. The summed E-state index contributed by atoms with van der Waals surface area (Å²) in [5.74, 6) is -0.509. The summed E-state index contributed by atoms with van der Waals surface area (Å²) in [7, 11) is 0. The number of rotatable bonds is 5. The van der Waals surface area contributed by atoms with Crippen LogP contribution < -0.4 is 15.5 Å². The van der Waals surface area contributed by atoms with E-state index in [2.05, 4.69) is 39.5 Å². The molecule has 0 bridgehead atoms. The second kappa shape index (κ2) is 9.20. The molecule has 2 aromatic carbocycles. The summed E-state index contributed by atoms with van der Waals surface area (Å²) in [4.78, 5) is 16.8. The molecular weight excluding hydrogens is 357 g/mol. The lowest BCUT2D eigenvalue weighted by Crippen LogP contribution is -2.52. The van der Waals surface area contributed by atoms with Crippen LogP contribution in [0.5, 0.6) is 0 Å². The van der Waals surface area contributed by atoms with Crippen LogP contribution >= 0.6 is 0 Å². The van der Waals surface area contributed by atoms with E-state index in [1.165, 1.54) is 17.8 Å². The summed E-state index contributed by atoms with van der Waals surface area (Å²) in [5, 5.41) is 14.5. The van der Waals surface area contributed by atoms with E-state index in [0.29, 0.717) is 12.2 Å². The number of anilines is 2. The molecule has 2 N–H and O–H groups in total. The largest absolute Gasteiger partial charge is 0.369 e. The van der Waals surface area contributed by atoms with E-state index < -0.39 is 11.8 Å². The summed E-state index contributed by atoms with van der Waals surface area (Å²) in [6.07, 6.45) is 0. The first kappa shape index (κ1) is 19.6. The molecule has 28 heavy (non-hydrogen) atoms. The van der Waals surface area contributed by atoms with Crippen LogP contribution in [0, 0.1) is 17.1 Å². The average Bonchev–Trinajstić information content (AvgIpc) is 2.74. The number of halogens is 1. The van der Waals surface area contributed by atoms with E-state index >= 15 is 0 Å². The Morgan fingerprint density at radius 3 is 2.57 bits per heavy atom. The summed E-state index contributed by atoms with van der Waals surface area (Å²) in [6, 6.07) is 15.7. The molecule has 7 heteroatoms. The summed E-state index contributed by atoms with van der Waals surface area (Å²) < 4.78 is 13.2. The molecule has 2 aromatic rings. The van der Waals surface area contributed by atoms with Crippen LogP contribution in [-0.2, 0) is 0 Å². The van der Waals surface area contributed by atoms with E-state index in [0.717, 1.165) is 32.2 Å². The molecule has 6 nitrogen and oxygen atoms in total. The number of urea groups is 1. The van der Waals surface area contributed by atoms with Crippen molar-refractivity contribution in [2.45, 2.75) is 13.0 Å². The van der Waals surface area contributed by atoms with Crippen molar-refractivity contribution in [2.24, 2.45) is 0 Å². The van der Waals surface area contributed by atoms with E-state index in [1.54, 1.807) is 0 Å². The van der Waals surface area contributed by atoms with Gasteiger partial charge in [0.25, 0.3) is 0 Å². The lowest BCUT2D eigenvalue weighted by Gasteiger charge is -2.39. The van der Waals surface area contributed by atoms with Gasteiger partial charge in [0.05, 0.1) is 11.3 Å². The number of nitriles is 1. The fourth-order valence-electron chi connectivity index (χ4n) is 3.31. The van der Waals surface area contributed by atoms with E-state index in [1.807, 2.05) is 24.3 Å². The lowest BCUT2D eigenvalue weighted by atomic mass is 10.2. The van der Waals surface area contributed by atoms with E-state index in [9.17, 15) is 9.18 Å². The molecule has 0 spiro atoms. The van der Waals surface area contributed by atoms with Crippen LogP contribution in [0.15, 0.2) is 48.5 Å². The number of piperazine rings is 1. The SMILES string of the molecule is CC(CNC(=O)Nc1ccc(F)cc1C#N)N1CCN(c2ccccc2)CC1. The van der Waals surface area contributed by atoms with Crippen molar-refractivity contribution in [1.82, 2.24) is 10.2 Å². The topological polar surface area (TPSA) is 71.4 Å². The number of hydrogen-bond acceptors (Lipinski definition) is 4. The number of carbonyl (C=O) groups is 1. The van der Waals surface area contributed by atoms with Gasteiger partial charge in [0.15, 0.2) is 0 Å². The quantitative estimate of drug-likeness (QED) is 0.835. The maximum Gasteiger partial charge on any atom is 0.319 e. The zero-order valence-electron chi connectivity index (χ0n) is 15.9. The monoisotopic (exact) mass is 381 g/mol. The fourth-order valence-corrected chi connectivity index (χ4v) is 3.31. The number of amides is 2. The lowest BCUT2D eigenvalue weighted by molar-refractivity contribution is 0.192. The van der Waals surface area contributed by atoms with Gasteiger partial charge in [0, 0.05) is 44.5 Å². The third-order valence-electron chi connectivity index (χ3n) is 4.97. The van der Waals surface area contributed by atoms with Gasteiger partial charge >= 0.3 is 6.03 Å². The maximum absolute atomic E-state index is 13.2. The summed E-state index contributed by atoms with van der Waals surface area (Å²) in [6.45, 7) is 6.31. The Morgan fingerprint density at radius 2 is 1.89 bits per heavy atom. The molecule has 0 radical (unpaired) electrons. The van der Waals surface area contributed by atoms with Crippen molar-refractivity contribution in [2.75, 3.05) is 42.9 Å². The molecule has 3 rings (SSSR count). The van der Waals surface area contributed by atoms with Crippen LogP contribution in [0.4, 0.5) is 20.6 Å². The van der Waals surface area contributed by atoms with Gasteiger partial charge in [-0.1, -0.05) is 18.2 Å². The molecule has 1 aliphatic rings. The van der Waals surface area contributed by atoms with E-state index in [-0.39, 0.29) is 11.6 Å². The predicted molar refractivity (Wildman–Crippen MR) is 108 cm³/mol. The van der Waals surface area contributed by atoms with Gasteiger partial charge in [-0.05, 0) is 37.3 Å². The van der Waals surface area contributed by atoms with Crippen molar-refractivity contribution >= 4 is 17.4 Å². The average molecular weight is 381 g/mol. The number of carbonyl (C=O) groups excluding carboxylic acids is 1. The van der Waals surface area contributed by atoms with Crippen molar-refractivity contribution in [3.8, 4) is 6.07 Å². The molecule has 1 aliphatic heterocycles. The highest BCUT2D eigenvalue weighted by Gasteiger charge is 2.21. The third kappa shape index (κ3) is 4.99. The molecule has 1 unspecified atom stereocenters. The molecular formula is C21H24FN5O. The second-order valence-electron chi connectivity index (χ2n) is 6.84. The van der Waals surface area contributed by atoms with Gasteiger partial charge in [0.1, 0.15) is 11.9 Å². The zero-order valence-corrected chi connectivity index (χ0v) is 15.9. The second-order valence-corrected chi connectivity index (χ2v) is 6.84. The first-order chi connectivity index (χ1) is 13.6. The van der Waals surface area contributed by atoms with Crippen LogP contribution in [0.25, 0.3) is 0 Å². The highest BCUT2D eigenvalue weighted by Crippen LogP contribution is 2.17. The molecule has 1 saturated heterocycles. The number of para-hydroxylation sites is 1. The van der Waals surface area contributed by atoms with Gasteiger partial charge in [-0.25, -0.2) is 9.18 Å². The molecule has 1 fully saturated rings. The molecule has 2 amide bonds. The maximum atomic E-state index is 13.2. The van der Waals surface area contributed by atoms with Crippen LogP contribution in [0.1, 0.15) is 12.5 Å². The Labute approximate surface area is 164 Å². The minimum Gasteiger partial charge on any atom is -0.369 e. The highest BCUT2D eigenvalue weighted by atomic mass is 19.1. The molecule has 146 valence electrons. The van der Waals surface area contributed by atoms with Crippen LogP contribution in [0.3, 0.4) is 0 Å². The number of nitrogens with one attached hydrogen (secondary N) is 2. The number of hydrogen-bond donors (Lipinski definition) is 2. The van der Waals surface area contributed by atoms with Gasteiger partial charge in [-0.3, -0.25) is 4.90 Å². The van der Waals surface area contributed by atoms with Gasteiger partial charge in [-0.15, -0.1) is 0 Å². The Kier molecular flexibility index (Phi) is 6.45. The molecule has 0 aromatic heterocycles. The molecule has 1 heterocycles. The fraction of sp³-hybridized carbons (Fsp3) is 0.333. The Morgan fingerprint density at radius 1 is 1.18 bits per heavy atom. The van der Waals surface area contributed by atoms with Gasteiger partial charge in [-0.2, -0.15) is 5.26 Å². The Balaban J connectivity index is 1.45. The summed E-state index contributed by atoms with van der Waals surface area (Å²) in [5.41, 5.74) is 1.63. The Bertz CT molecular complexity index is 844. The van der Waals surface area contributed by atoms with Crippen molar-refractivity contribution < 1.29 is 9.18 Å². The Hall–Kier alpha value is -3.11. The smallest absolute Gasteiger partial charge is 0.319 e. The van der Waals surface area contributed by atoms with Crippen LogP contribution in [-0.4, -0.2) is 49.7 Å². The highest BCUT2D eigenvalue weighted by molar-refractivity contribution is 5.90. The minimum atomic E-state index is -0.509.